The van der Waals surface area contributed by atoms with E-state index >= 15 is 0 Å². The Morgan fingerprint density at radius 2 is 2.05 bits per heavy atom. The predicted molar refractivity (Wildman–Crippen MR) is 80.1 cm³/mol. The molecule has 0 fully saturated rings. The smallest absolute Gasteiger partial charge is 0.176 e. The van der Waals surface area contributed by atoms with Crippen LogP contribution in [-0.2, 0) is 6.42 Å². The Bertz CT molecular complexity index is 690. The van der Waals surface area contributed by atoms with E-state index in [-0.39, 0.29) is 11.7 Å². The van der Waals surface area contributed by atoms with Gasteiger partial charge < -0.3 is 0 Å². The van der Waals surface area contributed by atoms with Crippen molar-refractivity contribution in [3.8, 4) is 5.82 Å². The average Bonchev–Trinajstić information content (AvgIpc) is 2.79. The summed E-state index contributed by atoms with van der Waals surface area (Å²) in [4.78, 5) is 12.4. The largest absolute Gasteiger partial charge is 0.294 e. The standard InChI is InChI=1S/C15H17ClN4O/c1-8(2)15-14-10(6-9(3)7-11(14)21)20(19-15)13-5-4-12(16)17-18-13/h4-5,8-9H,6-7H2,1-3H3. The van der Waals surface area contributed by atoms with E-state index in [9.17, 15) is 4.79 Å². The van der Waals surface area contributed by atoms with Crippen molar-refractivity contribution in [3.05, 3.63) is 34.2 Å². The Kier molecular flexibility index (Phi) is 3.53. The van der Waals surface area contributed by atoms with Crippen molar-refractivity contribution in [3.63, 3.8) is 0 Å². The summed E-state index contributed by atoms with van der Waals surface area (Å²) in [5, 5.41) is 12.9. The van der Waals surface area contributed by atoms with E-state index in [0.717, 1.165) is 23.4 Å². The average molecular weight is 305 g/mol. The van der Waals surface area contributed by atoms with Crippen molar-refractivity contribution in [1.29, 1.82) is 0 Å². The quantitative estimate of drug-likeness (QED) is 0.855. The number of nitrogens with zero attached hydrogens (tertiary/aromatic N) is 4. The van der Waals surface area contributed by atoms with Crippen LogP contribution in [0, 0.1) is 5.92 Å². The Labute approximate surface area is 128 Å². The fraction of sp³-hybridized carbons (Fsp3) is 0.467. The van der Waals surface area contributed by atoms with E-state index < -0.39 is 0 Å². The summed E-state index contributed by atoms with van der Waals surface area (Å²) in [6.45, 7) is 6.18. The molecule has 0 aliphatic heterocycles. The first-order chi connectivity index (χ1) is 9.97. The lowest BCUT2D eigenvalue weighted by molar-refractivity contribution is 0.0951. The van der Waals surface area contributed by atoms with Crippen LogP contribution in [0.2, 0.25) is 5.15 Å². The number of carbonyl (C=O) groups is 1. The monoisotopic (exact) mass is 304 g/mol. The van der Waals surface area contributed by atoms with Gasteiger partial charge >= 0.3 is 0 Å². The highest BCUT2D eigenvalue weighted by Gasteiger charge is 2.31. The SMILES string of the molecule is CC1CC(=O)c2c(C(C)C)nn(-c3ccc(Cl)nn3)c2C1. The van der Waals surface area contributed by atoms with E-state index in [2.05, 4.69) is 22.2 Å². The van der Waals surface area contributed by atoms with Gasteiger partial charge in [0.2, 0.25) is 0 Å². The number of hydrogen-bond acceptors (Lipinski definition) is 4. The first kappa shape index (κ1) is 14.2. The molecule has 1 unspecified atom stereocenters. The molecule has 0 bridgehead atoms. The molecule has 3 rings (SSSR count). The number of aromatic nitrogens is 4. The van der Waals surface area contributed by atoms with Gasteiger partial charge in [0.05, 0.1) is 17.0 Å². The third-order valence-electron chi connectivity index (χ3n) is 3.74. The van der Waals surface area contributed by atoms with Gasteiger partial charge in [0.15, 0.2) is 16.8 Å². The Balaban J connectivity index is 2.20. The van der Waals surface area contributed by atoms with E-state index in [1.165, 1.54) is 0 Å². The van der Waals surface area contributed by atoms with E-state index in [1.807, 2.05) is 13.8 Å². The molecule has 0 amide bonds. The molecule has 5 nitrogen and oxygen atoms in total. The van der Waals surface area contributed by atoms with Crippen LogP contribution in [0.5, 0.6) is 0 Å². The Morgan fingerprint density at radius 1 is 1.29 bits per heavy atom. The highest BCUT2D eigenvalue weighted by molar-refractivity contribution is 6.29. The molecule has 0 N–H and O–H groups in total. The topological polar surface area (TPSA) is 60.7 Å². The van der Waals surface area contributed by atoms with Crippen molar-refractivity contribution >= 4 is 17.4 Å². The highest BCUT2D eigenvalue weighted by atomic mass is 35.5. The molecule has 0 saturated carbocycles. The van der Waals surface area contributed by atoms with Crippen LogP contribution in [0.1, 0.15) is 54.9 Å². The molecular formula is C15H17ClN4O. The summed E-state index contributed by atoms with van der Waals surface area (Å²) in [6, 6.07) is 3.46. The summed E-state index contributed by atoms with van der Waals surface area (Å²) in [5.41, 5.74) is 2.57. The summed E-state index contributed by atoms with van der Waals surface area (Å²) < 4.78 is 1.75. The van der Waals surface area contributed by atoms with Gasteiger partial charge in [0, 0.05) is 6.42 Å². The lowest BCUT2D eigenvalue weighted by Crippen LogP contribution is -2.20. The van der Waals surface area contributed by atoms with E-state index in [4.69, 9.17) is 11.6 Å². The minimum absolute atomic E-state index is 0.181. The minimum Gasteiger partial charge on any atom is -0.294 e. The minimum atomic E-state index is 0.181. The van der Waals surface area contributed by atoms with Crippen LogP contribution < -0.4 is 0 Å². The normalized spacial score (nSPS) is 18.1. The number of ketones is 1. The molecule has 2 aromatic heterocycles. The van der Waals surface area contributed by atoms with Crippen molar-refractivity contribution in [2.45, 2.75) is 39.5 Å². The maximum atomic E-state index is 12.4. The first-order valence-corrected chi connectivity index (χ1v) is 7.49. The van der Waals surface area contributed by atoms with Crippen LogP contribution in [0.4, 0.5) is 0 Å². The van der Waals surface area contributed by atoms with E-state index in [1.54, 1.807) is 16.8 Å². The lowest BCUT2D eigenvalue weighted by Gasteiger charge is -2.19. The number of fused-ring (bicyclic) bond motifs is 1. The molecule has 1 aliphatic rings. The molecule has 21 heavy (non-hydrogen) atoms. The van der Waals surface area contributed by atoms with Crippen LogP contribution in [0.3, 0.4) is 0 Å². The van der Waals surface area contributed by atoms with Crippen LogP contribution in [0.15, 0.2) is 12.1 Å². The van der Waals surface area contributed by atoms with E-state index in [0.29, 0.717) is 23.3 Å². The van der Waals surface area contributed by atoms with Gasteiger partial charge in [-0.15, -0.1) is 10.2 Å². The molecule has 110 valence electrons. The molecule has 1 aliphatic carbocycles. The van der Waals surface area contributed by atoms with Gasteiger partial charge in [-0.2, -0.15) is 5.10 Å². The molecule has 0 radical (unpaired) electrons. The molecule has 0 spiro atoms. The fourth-order valence-corrected chi connectivity index (χ4v) is 2.90. The second kappa shape index (κ2) is 5.22. The second-order valence-corrected chi connectivity index (χ2v) is 6.31. The highest BCUT2D eigenvalue weighted by Crippen LogP contribution is 2.32. The molecule has 2 heterocycles. The Morgan fingerprint density at radius 3 is 2.67 bits per heavy atom. The molecule has 1 atom stereocenters. The zero-order valence-corrected chi connectivity index (χ0v) is 13.1. The zero-order chi connectivity index (χ0) is 15.1. The van der Waals surface area contributed by atoms with Crippen molar-refractivity contribution in [2.75, 3.05) is 0 Å². The zero-order valence-electron chi connectivity index (χ0n) is 12.3. The third-order valence-corrected chi connectivity index (χ3v) is 3.95. The third kappa shape index (κ3) is 2.46. The van der Waals surface area contributed by atoms with Gasteiger partial charge in [-0.3, -0.25) is 4.79 Å². The summed E-state index contributed by atoms with van der Waals surface area (Å²) in [7, 11) is 0. The number of hydrogen-bond donors (Lipinski definition) is 0. The lowest BCUT2D eigenvalue weighted by atomic mass is 9.85. The molecule has 6 heteroatoms. The maximum absolute atomic E-state index is 12.4. The van der Waals surface area contributed by atoms with Crippen LogP contribution in [-0.4, -0.2) is 25.8 Å². The van der Waals surface area contributed by atoms with Crippen molar-refractivity contribution in [1.82, 2.24) is 20.0 Å². The number of rotatable bonds is 2. The molecule has 2 aromatic rings. The molecule has 0 aromatic carbocycles. The van der Waals surface area contributed by atoms with Gasteiger partial charge in [-0.25, -0.2) is 4.68 Å². The summed E-state index contributed by atoms with van der Waals surface area (Å²) >= 11 is 5.79. The molecular weight excluding hydrogens is 288 g/mol. The Hall–Kier alpha value is -1.75. The van der Waals surface area contributed by atoms with Crippen LogP contribution in [0.25, 0.3) is 5.82 Å². The van der Waals surface area contributed by atoms with Gasteiger partial charge in [0.25, 0.3) is 0 Å². The number of Topliss-reactive ketones (excluding diaryl/α,β-unsaturated/α-hetero) is 1. The molecule has 0 saturated heterocycles. The van der Waals surface area contributed by atoms with Gasteiger partial charge in [-0.1, -0.05) is 32.4 Å². The van der Waals surface area contributed by atoms with Gasteiger partial charge in [0.1, 0.15) is 0 Å². The van der Waals surface area contributed by atoms with Crippen molar-refractivity contribution < 1.29 is 4.79 Å². The summed E-state index contributed by atoms with van der Waals surface area (Å²) in [6.07, 6.45) is 1.41. The van der Waals surface area contributed by atoms with Crippen molar-refractivity contribution in [2.24, 2.45) is 5.92 Å². The first-order valence-electron chi connectivity index (χ1n) is 7.12. The number of halogens is 1. The fourth-order valence-electron chi connectivity index (χ4n) is 2.80. The summed E-state index contributed by atoms with van der Waals surface area (Å²) in [5.74, 6) is 1.29. The van der Waals surface area contributed by atoms with Gasteiger partial charge in [-0.05, 0) is 30.4 Å². The predicted octanol–water partition coefficient (Wildman–Crippen LogP) is 3.20. The van der Waals surface area contributed by atoms with Crippen LogP contribution >= 0.6 is 11.6 Å². The second-order valence-electron chi connectivity index (χ2n) is 5.92. The number of carbonyl (C=O) groups excluding carboxylic acids is 1. The maximum Gasteiger partial charge on any atom is 0.176 e.